The predicted octanol–water partition coefficient (Wildman–Crippen LogP) is 6.40. The molecule has 0 aliphatic carbocycles. The fourth-order valence-electron chi connectivity index (χ4n) is 2.83. The summed E-state index contributed by atoms with van der Waals surface area (Å²) in [5.74, 6) is 2.49. The zero-order valence-corrected chi connectivity index (χ0v) is 17.2. The summed E-state index contributed by atoms with van der Waals surface area (Å²) in [5.41, 5.74) is 3.81. The molecule has 4 heteroatoms. The molecule has 0 N–H and O–H groups in total. The van der Waals surface area contributed by atoms with Gasteiger partial charge in [0.1, 0.15) is 5.75 Å². The van der Waals surface area contributed by atoms with Crippen molar-refractivity contribution in [3.63, 3.8) is 0 Å². The molecule has 148 valence electrons. The highest BCUT2D eigenvalue weighted by Gasteiger charge is 2.10. The van der Waals surface area contributed by atoms with E-state index in [9.17, 15) is 0 Å². The minimum Gasteiger partial charge on any atom is -0.493 e. The average Bonchev–Trinajstić information content (AvgIpc) is 2.71. The maximum absolute atomic E-state index is 6.16. The highest BCUT2D eigenvalue weighted by atomic mass is 16.5. The Morgan fingerprint density at radius 1 is 0.828 bits per heavy atom. The van der Waals surface area contributed by atoms with Crippen LogP contribution in [0.1, 0.15) is 18.1 Å². The fraction of sp³-hybridized carbons (Fsp3) is 0.160. The van der Waals surface area contributed by atoms with Gasteiger partial charge in [0.15, 0.2) is 11.5 Å². The Labute approximate surface area is 172 Å². The van der Waals surface area contributed by atoms with Gasteiger partial charge in [-0.3, -0.25) is 0 Å². The Morgan fingerprint density at radius 3 is 2.10 bits per heavy atom. The van der Waals surface area contributed by atoms with Gasteiger partial charge in [0.05, 0.1) is 19.1 Å². The summed E-state index contributed by atoms with van der Waals surface area (Å²) in [6.45, 7) is 5.99. The predicted molar refractivity (Wildman–Crippen MR) is 117 cm³/mol. The number of hydrogen-bond donors (Lipinski definition) is 0. The minimum atomic E-state index is 0.469. The van der Waals surface area contributed by atoms with Gasteiger partial charge in [-0.05, 0) is 68.3 Å². The molecule has 4 nitrogen and oxygen atoms in total. The number of methoxy groups -OCH3 is 1. The van der Waals surface area contributed by atoms with Crippen LogP contribution in [0, 0.1) is 13.8 Å². The number of hydrogen-bond acceptors (Lipinski definition) is 4. The Morgan fingerprint density at radius 2 is 1.45 bits per heavy atom. The molecule has 0 spiro atoms. The molecule has 0 amide bonds. The summed E-state index contributed by atoms with van der Waals surface area (Å²) in [4.78, 5) is 4.68. The molecule has 0 bridgehead atoms. The third kappa shape index (κ3) is 5.72. The third-order valence-electron chi connectivity index (χ3n) is 4.17. The average molecular weight is 387 g/mol. The van der Waals surface area contributed by atoms with Crippen LogP contribution in [0.15, 0.2) is 89.6 Å². The minimum absolute atomic E-state index is 0.469. The fourth-order valence-corrected chi connectivity index (χ4v) is 2.83. The Balaban J connectivity index is 1.92. The number of aliphatic imine (C=N–C) groups is 1. The second kappa shape index (κ2) is 9.60. The lowest BCUT2D eigenvalue weighted by molar-refractivity contribution is 0.377. The van der Waals surface area contributed by atoms with Gasteiger partial charge in [-0.25, -0.2) is 4.99 Å². The second-order valence-corrected chi connectivity index (χ2v) is 6.75. The molecule has 3 aromatic rings. The van der Waals surface area contributed by atoms with E-state index in [0.717, 1.165) is 28.1 Å². The monoisotopic (exact) mass is 387 g/mol. The highest BCUT2D eigenvalue weighted by molar-refractivity contribution is 5.96. The molecule has 0 atom stereocenters. The molecular formula is C25H25NO3. The topological polar surface area (TPSA) is 40.0 Å². The van der Waals surface area contributed by atoms with Crippen molar-refractivity contribution in [3.8, 4) is 17.2 Å². The zero-order chi connectivity index (χ0) is 20.6. The van der Waals surface area contributed by atoms with E-state index in [1.165, 1.54) is 0 Å². The molecule has 0 saturated carbocycles. The van der Waals surface area contributed by atoms with E-state index in [2.05, 4.69) is 11.1 Å². The Kier molecular flexibility index (Phi) is 6.69. The number of benzene rings is 3. The molecule has 3 aromatic carbocycles. The number of ether oxygens (including phenoxy) is 3. The van der Waals surface area contributed by atoms with Crippen molar-refractivity contribution in [2.24, 2.45) is 4.99 Å². The lowest BCUT2D eigenvalue weighted by Crippen LogP contribution is -2.11. The summed E-state index contributed by atoms with van der Waals surface area (Å²) < 4.78 is 17.3. The largest absolute Gasteiger partial charge is 0.493 e. The van der Waals surface area contributed by atoms with Crippen molar-refractivity contribution < 1.29 is 14.2 Å². The van der Waals surface area contributed by atoms with Crippen LogP contribution >= 0.6 is 0 Å². The zero-order valence-electron chi connectivity index (χ0n) is 17.2. The number of para-hydroxylation sites is 3. The van der Waals surface area contributed by atoms with E-state index in [-0.39, 0.29) is 0 Å². The van der Waals surface area contributed by atoms with Crippen LogP contribution in [-0.4, -0.2) is 13.0 Å². The van der Waals surface area contributed by atoms with Crippen molar-refractivity contribution in [2.75, 3.05) is 7.11 Å². The molecule has 0 aromatic heterocycles. The molecule has 0 saturated heterocycles. The molecule has 0 unspecified atom stereocenters. The van der Waals surface area contributed by atoms with Gasteiger partial charge >= 0.3 is 0 Å². The van der Waals surface area contributed by atoms with Crippen molar-refractivity contribution in [2.45, 2.75) is 20.8 Å². The molecular weight excluding hydrogens is 362 g/mol. The third-order valence-corrected chi connectivity index (χ3v) is 4.17. The van der Waals surface area contributed by atoms with E-state index in [4.69, 9.17) is 14.2 Å². The lowest BCUT2D eigenvalue weighted by Gasteiger charge is -2.12. The van der Waals surface area contributed by atoms with E-state index < -0.39 is 0 Å². The van der Waals surface area contributed by atoms with Gasteiger partial charge in [-0.15, -0.1) is 0 Å². The molecule has 0 aliphatic rings. The van der Waals surface area contributed by atoms with E-state index >= 15 is 0 Å². The first-order valence-corrected chi connectivity index (χ1v) is 9.42. The van der Waals surface area contributed by atoms with Crippen molar-refractivity contribution in [1.82, 2.24) is 0 Å². The summed E-state index contributed by atoms with van der Waals surface area (Å²) in [6, 6.07) is 23.3. The van der Waals surface area contributed by atoms with Gasteiger partial charge in [-0.1, -0.05) is 36.4 Å². The van der Waals surface area contributed by atoms with Gasteiger partial charge in [-0.2, -0.15) is 0 Å². The standard InChI is InChI=1S/C25H25NO3/c1-18-14-19(2)16-22(15-18)29-25(26-21-10-6-5-7-11-21)20(3)17-28-24-13-9-8-12-23(24)27-4/h5-17H,1-4H3. The first kappa shape index (κ1) is 20.2. The smallest absolute Gasteiger partial charge is 0.225 e. The second-order valence-electron chi connectivity index (χ2n) is 6.75. The van der Waals surface area contributed by atoms with Gasteiger partial charge in [0, 0.05) is 5.57 Å². The van der Waals surface area contributed by atoms with Crippen LogP contribution in [0.2, 0.25) is 0 Å². The first-order chi connectivity index (χ1) is 14.0. The van der Waals surface area contributed by atoms with Crippen LogP contribution in [0.3, 0.4) is 0 Å². The van der Waals surface area contributed by atoms with Crippen LogP contribution in [0.4, 0.5) is 5.69 Å². The normalized spacial score (nSPS) is 11.9. The van der Waals surface area contributed by atoms with Gasteiger partial charge in [0.2, 0.25) is 5.90 Å². The summed E-state index contributed by atoms with van der Waals surface area (Å²) in [6.07, 6.45) is 1.63. The van der Waals surface area contributed by atoms with E-state index in [0.29, 0.717) is 17.4 Å². The Bertz CT molecular complexity index is 1000. The van der Waals surface area contributed by atoms with Gasteiger partial charge < -0.3 is 14.2 Å². The van der Waals surface area contributed by atoms with Crippen LogP contribution < -0.4 is 14.2 Å². The maximum atomic E-state index is 6.16. The Hall–Kier alpha value is -3.53. The summed E-state index contributed by atoms with van der Waals surface area (Å²) >= 11 is 0. The molecule has 3 rings (SSSR count). The number of nitrogens with zero attached hydrogens (tertiary/aromatic N) is 1. The van der Waals surface area contributed by atoms with E-state index in [1.54, 1.807) is 13.4 Å². The van der Waals surface area contributed by atoms with Crippen molar-refractivity contribution in [3.05, 3.63) is 95.8 Å². The number of aryl methyl sites for hydroxylation is 2. The lowest BCUT2D eigenvalue weighted by atomic mass is 10.1. The van der Waals surface area contributed by atoms with Gasteiger partial charge in [0.25, 0.3) is 0 Å². The summed E-state index contributed by atoms with van der Waals surface area (Å²) in [7, 11) is 1.62. The SMILES string of the molecule is COc1ccccc1OC=C(C)C(=Nc1ccccc1)Oc1cc(C)cc(C)c1. The van der Waals surface area contributed by atoms with Crippen LogP contribution in [0.25, 0.3) is 0 Å². The molecule has 0 fully saturated rings. The first-order valence-electron chi connectivity index (χ1n) is 9.42. The van der Waals surface area contributed by atoms with Crippen LogP contribution in [-0.2, 0) is 0 Å². The number of rotatable bonds is 6. The molecule has 0 aliphatic heterocycles. The molecule has 0 radical (unpaired) electrons. The molecule has 29 heavy (non-hydrogen) atoms. The van der Waals surface area contributed by atoms with Crippen molar-refractivity contribution in [1.29, 1.82) is 0 Å². The highest BCUT2D eigenvalue weighted by Crippen LogP contribution is 2.27. The van der Waals surface area contributed by atoms with Crippen molar-refractivity contribution >= 4 is 11.6 Å². The van der Waals surface area contributed by atoms with E-state index in [1.807, 2.05) is 87.5 Å². The quantitative estimate of drug-likeness (QED) is 0.279. The van der Waals surface area contributed by atoms with Crippen LogP contribution in [0.5, 0.6) is 17.2 Å². The molecule has 0 heterocycles. The maximum Gasteiger partial charge on any atom is 0.225 e. The summed E-state index contributed by atoms with van der Waals surface area (Å²) in [5, 5.41) is 0.